The van der Waals surface area contributed by atoms with E-state index in [1.54, 1.807) is 6.07 Å². The van der Waals surface area contributed by atoms with Crippen molar-refractivity contribution in [3.8, 4) is 40.2 Å². The number of carbonyl (C=O) groups is 1. The van der Waals surface area contributed by atoms with E-state index < -0.39 is 24.4 Å². The van der Waals surface area contributed by atoms with Crippen molar-refractivity contribution in [1.29, 1.82) is 5.26 Å². The van der Waals surface area contributed by atoms with Crippen molar-refractivity contribution in [2.45, 2.75) is 39.6 Å². The third-order valence-electron chi connectivity index (χ3n) is 7.61. The van der Waals surface area contributed by atoms with Crippen molar-refractivity contribution in [3.63, 3.8) is 0 Å². The number of aryl methyl sites for hydroxylation is 1. The van der Waals surface area contributed by atoms with Crippen molar-refractivity contribution >= 4 is 5.97 Å². The van der Waals surface area contributed by atoms with E-state index >= 15 is 0 Å². The van der Waals surface area contributed by atoms with E-state index in [1.165, 1.54) is 18.2 Å². The summed E-state index contributed by atoms with van der Waals surface area (Å²) in [4.78, 5) is 11.4. The summed E-state index contributed by atoms with van der Waals surface area (Å²) in [7, 11) is 0. The van der Waals surface area contributed by atoms with Gasteiger partial charge in [-0.3, -0.25) is 10.1 Å². The summed E-state index contributed by atoms with van der Waals surface area (Å²) < 4.78 is 37.7. The molecule has 9 nitrogen and oxygen atoms in total. The molecule has 4 aromatic rings. The molecule has 4 aromatic carbocycles. The molecule has 1 aliphatic heterocycles. The SMILES string of the molecule is Cc1cc(CNC(CO)C(=O)O)c(OCc2ccc(F)c(C#N)c2)cc1OCc1cccc(-c2ccc3c(c2)OCCO3)c1C. The molecule has 1 heterocycles. The quantitative estimate of drug-likeness (QED) is 0.191. The molecule has 0 spiro atoms. The van der Waals surface area contributed by atoms with Crippen molar-refractivity contribution in [2.24, 2.45) is 0 Å². The summed E-state index contributed by atoms with van der Waals surface area (Å²) in [5.41, 5.74) is 6.01. The molecule has 0 bridgehead atoms. The number of carboxylic acid groups (broad SMARTS) is 1. The van der Waals surface area contributed by atoms with Crippen LogP contribution in [0.25, 0.3) is 11.1 Å². The first-order chi connectivity index (χ1) is 21.8. The second-order valence-electron chi connectivity index (χ2n) is 10.6. The maximum absolute atomic E-state index is 13.8. The molecule has 45 heavy (non-hydrogen) atoms. The molecular formula is C35H33FN2O7. The first kappa shape index (κ1) is 31.3. The standard InChI is InChI=1S/C35H33FN2O7/c1-21-12-27(17-38-30(18-39)35(40)41)33(44-19-23-6-8-29(36)26(13-23)16-37)15-32(21)45-20-25-4-3-5-28(22(25)2)24-7-9-31-34(14-24)43-11-10-42-31/h3-9,12-15,30,38-39H,10-11,17-20H2,1-2H3,(H,40,41). The lowest BCUT2D eigenvalue weighted by molar-refractivity contribution is -0.140. The van der Waals surface area contributed by atoms with Crippen LogP contribution in [0.2, 0.25) is 0 Å². The third kappa shape index (κ3) is 7.34. The van der Waals surface area contributed by atoms with Gasteiger partial charge in [0.05, 0.1) is 12.2 Å². The maximum Gasteiger partial charge on any atom is 0.323 e. The fourth-order valence-corrected chi connectivity index (χ4v) is 5.05. The summed E-state index contributed by atoms with van der Waals surface area (Å²) in [6.45, 7) is 4.78. The lowest BCUT2D eigenvalue weighted by Crippen LogP contribution is -2.39. The minimum Gasteiger partial charge on any atom is -0.488 e. The fraction of sp³-hybridized carbons (Fsp3) is 0.257. The molecule has 0 aromatic heterocycles. The number of hydrogen-bond donors (Lipinski definition) is 3. The number of carboxylic acids is 1. The van der Waals surface area contributed by atoms with Crippen molar-refractivity contribution < 1.29 is 38.3 Å². The Morgan fingerprint density at radius 2 is 1.76 bits per heavy atom. The Kier molecular flexibility index (Phi) is 9.82. The van der Waals surface area contributed by atoms with Crippen LogP contribution in [0.3, 0.4) is 0 Å². The van der Waals surface area contributed by atoms with Gasteiger partial charge in [-0.1, -0.05) is 30.3 Å². The first-order valence-corrected chi connectivity index (χ1v) is 14.4. The molecule has 0 amide bonds. The average Bonchev–Trinajstić information content (AvgIpc) is 3.04. The molecule has 0 saturated carbocycles. The van der Waals surface area contributed by atoms with Gasteiger partial charge in [0.1, 0.15) is 55.9 Å². The predicted molar refractivity (Wildman–Crippen MR) is 164 cm³/mol. The van der Waals surface area contributed by atoms with Crippen LogP contribution in [-0.4, -0.2) is 42.0 Å². The number of benzene rings is 4. The van der Waals surface area contributed by atoms with Gasteiger partial charge in [-0.15, -0.1) is 0 Å². The summed E-state index contributed by atoms with van der Waals surface area (Å²) in [5.74, 6) is 0.626. The van der Waals surface area contributed by atoms with Crippen LogP contribution in [0.15, 0.2) is 66.7 Å². The number of fused-ring (bicyclic) bond motifs is 1. The first-order valence-electron chi connectivity index (χ1n) is 14.4. The van der Waals surface area contributed by atoms with Crippen LogP contribution in [0.1, 0.15) is 33.4 Å². The minimum absolute atomic E-state index is 0.0313. The second-order valence-corrected chi connectivity index (χ2v) is 10.6. The lowest BCUT2D eigenvalue weighted by Gasteiger charge is -2.20. The lowest BCUT2D eigenvalue weighted by atomic mass is 9.96. The number of aliphatic carboxylic acids is 1. The van der Waals surface area contributed by atoms with E-state index in [1.807, 2.05) is 62.4 Å². The van der Waals surface area contributed by atoms with Crippen LogP contribution in [-0.2, 0) is 24.6 Å². The van der Waals surface area contributed by atoms with Gasteiger partial charge in [0.25, 0.3) is 0 Å². The molecule has 0 fully saturated rings. The Labute approximate surface area is 260 Å². The van der Waals surface area contributed by atoms with Crippen LogP contribution in [0.4, 0.5) is 4.39 Å². The number of nitrogens with zero attached hydrogens (tertiary/aromatic N) is 1. The summed E-state index contributed by atoms with van der Waals surface area (Å²) in [5, 5.41) is 30.8. The molecule has 1 atom stereocenters. The van der Waals surface area contributed by atoms with E-state index in [4.69, 9.17) is 18.9 Å². The number of nitrogens with one attached hydrogen (secondary N) is 1. The zero-order valence-corrected chi connectivity index (χ0v) is 24.9. The molecule has 10 heteroatoms. The number of halogens is 1. The number of aliphatic hydroxyl groups excluding tert-OH is 1. The fourth-order valence-electron chi connectivity index (χ4n) is 5.05. The highest BCUT2D eigenvalue weighted by atomic mass is 19.1. The van der Waals surface area contributed by atoms with Crippen molar-refractivity contribution in [1.82, 2.24) is 5.32 Å². The highest BCUT2D eigenvalue weighted by Crippen LogP contribution is 2.37. The van der Waals surface area contributed by atoms with Gasteiger partial charge in [-0.05, 0) is 77.6 Å². The molecule has 0 radical (unpaired) electrons. The van der Waals surface area contributed by atoms with Crippen molar-refractivity contribution in [2.75, 3.05) is 19.8 Å². The zero-order valence-electron chi connectivity index (χ0n) is 24.9. The van der Waals surface area contributed by atoms with Gasteiger partial charge in [-0.25, -0.2) is 4.39 Å². The van der Waals surface area contributed by atoms with E-state index in [-0.39, 0.29) is 25.3 Å². The predicted octanol–water partition coefficient (Wildman–Crippen LogP) is 5.45. The molecule has 1 unspecified atom stereocenters. The van der Waals surface area contributed by atoms with Crippen LogP contribution in [0, 0.1) is 31.0 Å². The number of rotatable bonds is 12. The molecule has 0 saturated heterocycles. The molecule has 0 aliphatic carbocycles. The Balaban J connectivity index is 1.38. The van der Waals surface area contributed by atoms with E-state index in [9.17, 15) is 24.7 Å². The Bertz CT molecular complexity index is 1750. The monoisotopic (exact) mass is 612 g/mol. The molecular weight excluding hydrogens is 579 g/mol. The normalized spacial score (nSPS) is 12.7. The zero-order chi connectivity index (χ0) is 31.9. The van der Waals surface area contributed by atoms with Crippen LogP contribution in [0.5, 0.6) is 23.0 Å². The van der Waals surface area contributed by atoms with Gasteiger partial charge < -0.3 is 29.2 Å². The highest BCUT2D eigenvalue weighted by molar-refractivity contribution is 5.73. The smallest absolute Gasteiger partial charge is 0.323 e. The summed E-state index contributed by atoms with van der Waals surface area (Å²) in [6.07, 6.45) is 0. The molecule has 3 N–H and O–H groups in total. The largest absolute Gasteiger partial charge is 0.488 e. The topological polar surface area (TPSA) is 130 Å². The Morgan fingerprint density at radius 3 is 2.51 bits per heavy atom. The molecule has 232 valence electrons. The van der Waals surface area contributed by atoms with Crippen molar-refractivity contribution in [3.05, 3.63) is 106 Å². The highest BCUT2D eigenvalue weighted by Gasteiger charge is 2.19. The summed E-state index contributed by atoms with van der Waals surface area (Å²) in [6, 6.07) is 20.3. The summed E-state index contributed by atoms with van der Waals surface area (Å²) >= 11 is 0. The second kappa shape index (κ2) is 14.1. The van der Waals surface area contributed by atoms with Crippen LogP contribution < -0.4 is 24.3 Å². The Morgan fingerprint density at radius 1 is 0.978 bits per heavy atom. The number of nitriles is 1. The number of aliphatic hydroxyl groups is 1. The van der Waals surface area contributed by atoms with E-state index in [2.05, 4.69) is 5.32 Å². The maximum atomic E-state index is 13.8. The number of hydrogen-bond acceptors (Lipinski definition) is 8. The van der Waals surface area contributed by atoms with Gasteiger partial charge in [0.15, 0.2) is 11.5 Å². The third-order valence-corrected chi connectivity index (χ3v) is 7.61. The van der Waals surface area contributed by atoms with E-state index in [0.29, 0.717) is 35.8 Å². The molecule has 1 aliphatic rings. The van der Waals surface area contributed by atoms with E-state index in [0.717, 1.165) is 39.3 Å². The van der Waals surface area contributed by atoms with Gasteiger partial charge in [0.2, 0.25) is 0 Å². The van der Waals surface area contributed by atoms with Gasteiger partial charge in [-0.2, -0.15) is 5.26 Å². The number of ether oxygens (including phenoxy) is 4. The Hall–Kier alpha value is -5.11. The molecule has 5 rings (SSSR count). The average molecular weight is 613 g/mol. The van der Waals surface area contributed by atoms with Crippen LogP contribution >= 0.6 is 0 Å². The van der Waals surface area contributed by atoms with Gasteiger partial charge in [0, 0.05) is 18.2 Å². The minimum atomic E-state index is -1.18. The van der Waals surface area contributed by atoms with Gasteiger partial charge >= 0.3 is 5.97 Å².